The highest BCUT2D eigenvalue weighted by atomic mass is 32.2. The van der Waals surface area contributed by atoms with E-state index in [2.05, 4.69) is 4.18 Å². The van der Waals surface area contributed by atoms with Gasteiger partial charge in [-0.1, -0.05) is 6.07 Å². The van der Waals surface area contributed by atoms with Crippen molar-refractivity contribution in [3.63, 3.8) is 0 Å². The van der Waals surface area contributed by atoms with Gasteiger partial charge in [-0.05, 0) is 26.0 Å². The van der Waals surface area contributed by atoms with Gasteiger partial charge < -0.3 is 13.8 Å². The zero-order valence-corrected chi connectivity index (χ0v) is 13.5. The number of methoxy groups -OCH3 is 1. The van der Waals surface area contributed by atoms with E-state index < -0.39 is 27.3 Å². The molecule has 1 rings (SSSR count). The fraction of sp³-hybridized carbons (Fsp3) is 0.462. The highest BCUT2D eigenvalue weighted by Gasteiger charge is 2.49. The number of alkyl halides is 3. The first kappa shape index (κ1) is 19.1. The number of carbonyl (C=O) groups is 1. The maximum absolute atomic E-state index is 12.5. The van der Waals surface area contributed by atoms with Crippen LogP contribution < -0.4 is 8.92 Å². The number of hydrogen-bond acceptors (Lipinski definition) is 5. The maximum Gasteiger partial charge on any atom is 0.534 e. The molecule has 0 heterocycles. The molecule has 10 heteroatoms. The molecule has 0 aliphatic rings. The lowest BCUT2D eigenvalue weighted by molar-refractivity contribution is -0.0500. The molecule has 0 N–H and O–H groups in total. The first-order valence-electron chi connectivity index (χ1n) is 6.56. The average Bonchev–Trinajstić information content (AvgIpc) is 2.46. The average molecular weight is 355 g/mol. The van der Waals surface area contributed by atoms with Crippen molar-refractivity contribution in [3.8, 4) is 11.5 Å². The summed E-state index contributed by atoms with van der Waals surface area (Å²) in [4.78, 5) is 13.7. The molecule has 0 fully saturated rings. The molecule has 0 atom stereocenters. The van der Waals surface area contributed by atoms with Gasteiger partial charge in [-0.15, -0.1) is 0 Å². The third kappa shape index (κ3) is 4.06. The third-order valence-corrected chi connectivity index (χ3v) is 3.92. The van der Waals surface area contributed by atoms with E-state index in [1.165, 1.54) is 24.1 Å². The minimum atomic E-state index is -5.90. The van der Waals surface area contributed by atoms with Gasteiger partial charge in [0.1, 0.15) is 11.3 Å². The van der Waals surface area contributed by atoms with Crippen molar-refractivity contribution in [3.05, 3.63) is 23.8 Å². The fourth-order valence-corrected chi connectivity index (χ4v) is 2.27. The Morgan fingerprint density at radius 2 is 1.70 bits per heavy atom. The zero-order valence-electron chi connectivity index (χ0n) is 12.7. The maximum atomic E-state index is 12.5. The van der Waals surface area contributed by atoms with Gasteiger partial charge >= 0.3 is 15.6 Å². The van der Waals surface area contributed by atoms with Crippen LogP contribution in [0.3, 0.4) is 0 Å². The molecule has 0 aliphatic carbocycles. The number of carbonyl (C=O) groups excluding carboxylic acids is 1. The summed E-state index contributed by atoms with van der Waals surface area (Å²) in [5.74, 6) is -1.52. The van der Waals surface area contributed by atoms with Crippen LogP contribution in [-0.2, 0) is 10.1 Å². The summed E-state index contributed by atoms with van der Waals surface area (Å²) >= 11 is 0. The van der Waals surface area contributed by atoms with Gasteiger partial charge in [0.05, 0.1) is 7.11 Å². The minimum Gasteiger partial charge on any atom is -0.496 e. The Balaban J connectivity index is 3.43. The molecular weight excluding hydrogens is 339 g/mol. The van der Waals surface area contributed by atoms with E-state index >= 15 is 0 Å². The standard InChI is InChI=1S/C13H16F3NO5S/c1-4-17(5-2)12(18)11-9(21-3)7-6-8-10(11)22-23(19,20)13(14,15)16/h6-8H,4-5H2,1-3H3. The van der Waals surface area contributed by atoms with Crippen molar-refractivity contribution >= 4 is 16.0 Å². The first-order valence-corrected chi connectivity index (χ1v) is 7.96. The first-order chi connectivity index (χ1) is 10.6. The van der Waals surface area contributed by atoms with Crippen molar-refractivity contribution in [2.75, 3.05) is 20.2 Å². The summed E-state index contributed by atoms with van der Waals surface area (Å²) in [6.07, 6.45) is 0. The Kier molecular flexibility index (Phi) is 5.86. The van der Waals surface area contributed by atoms with E-state index in [1.54, 1.807) is 13.8 Å². The second kappa shape index (κ2) is 7.07. The molecule has 0 unspecified atom stereocenters. The molecule has 130 valence electrons. The van der Waals surface area contributed by atoms with Crippen LogP contribution in [0.4, 0.5) is 13.2 Å². The second-order valence-corrected chi connectivity index (χ2v) is 5.83. The van der Waals surface area contributed by atoms with E-state index in [4.69, 9.17) is 4.74 Å². The van der Waals surface area contributed by atoms with Gasteiger partial charge in [0.25, 0.3) is 5.91 Å². The van der Waals surface area contributed by atoms with Gasteiger partial charge in [-0.25, -0.2) is 0 Å². The van der Waals surface area contributed by atoms with Gasteiger partial charge in [0.2, 0.25) is 0 Å². The van der Waals surface area contributed by atoms with Crippen LogP contribution in [0.2, 0.25) is 0 Å². The van der Waals surface area contributed by atoms with Crippen LogP contribution in [0.25, 0.3) is 0 Å². The van der Waals surface area contributed by atoms with E-state index in [-0.39, 0.29) is 24.4 Å². The van der Waals surface area contributed by atoms with Gasteiger partial charge in [0.15, 0.2) is 5.75 Å². The lowest BCUT2D eigenvalue weighted by Gasteiger charge is -2.21. The van der Waals surface area contributed by atoms with E-state index in [1.807, 2.05) is 0 Å². The Hall–Kier alpha value is -1.97. The molecule has 6 nitrogen and oxygen atoms in total. The predicted molar refractivity (Wildman–Crippen MR) is 75.8 cm³/mol. The molecule has 0 bridgehead atoms. The van der Waals surface area contributed by atoms with E-state index in [0.29, 0.717) is 0 Å². The summed E-state index contributed by atoms with van der Waals surface area (Å²) in [6, 6.07) is 3.51. The predicted octanol–water partition coefficient (Wildman–Crippen LogP) is 2.41. The molecule has 0 spiro atoms. The molecule has 0 saturated carbocycles. The normalized spacial score (nSPS) is 11.9. The topological polar surface area (TPSA) is 72.9 Å². The van der Waals surface area contributed by atoms with E-state index in [0.717, 1.165) is 6.07 Å². The number of hydrogen-bond donors (Lipinski definition) is 0. The summed E-state index contributed by atoms with van der Waals surface area (Å²) in [6.45, 7) is 3.89. The lowest BCUT2D eigenvalue weighted by atomic mass is 10.1. The number of amides is 1. The Morgan fingerprint density at radius 1 is 1.17 bits per heavy atom. The molecule has 0 aliphatic heterocycles. The Labute approximate surface area is 131 Å². The van der Waals surface area contributed by atoms with E-state index in [9.17, 15) is 26.4 Å². The number of nitrogens with zero attached hydrogens (tertiary/aromatic N) is 1. The highest BCUT2D eigenvalue weighted by molar-refractivity contribution is 7.88. The monoisotopic (exact) mass is 355 g/mol. The van der Waals surface area contributed by atoms with Gasteiger partial charge in [0, 0.05) is 13.1 Å². The Bertz CT molecular complexity index is 669. The number of halogens is 3. The lowest BCUT2D eigenvalue weighted by Crippen LogP contribution is -2.32. The molecule has 0 saturated heterocycles. The largest absolute Gasteiger partial charge is 0.534 e. The number of ether oxygens (including phenoxy) is 1. The van der Waals surface area contributed by atoms with Crippen molar-refractivity contribution in [1.82, 2.24) is 4.90 Å². The van der Waals surface area contributed by atoms with Crippen LogP contribution in [0, 0.1) is 0 Å². The molecule has 1 amide bonds. The van der Waals surface area contributed by atoms with Crippen molar-refractivity contribution < 1.29 is 35.3 Å². The summed E-state index contributed by atoms with van der Waals surface area (Å²) in [7, 11) is -4.69. The molecule has 1 aromatic carbocycles. The summed E-state index contributed by atoms with van der Waals surface area (Å²) < 4.78 is 68.9. The molecule has 0 aromatic heterocycles. The third-order valence-electron chi connectivity index (χ3n) is 2.96. The minimum absolute atomic E-state index is 0.0863. The summed E-state index contributed by atoms with van der Waals surface area (Å²) in [5.41, 5.74) is -5.99. The quantitative estimate of drug-likeness (QED) is 0.579. The van der Waals surface area contributed by atoms with Crippen molar-refractivity contribution in [2.45, 2.75) is 19.4 Å². The zero-order chi connectivity index (χ0) is 17.8. The van der Waals surface area contributed by atoms with Crippen LogP contribution in [0.15, 0.2) is 18.2 Å². The fourth-order valence-electron chi connectivity index (χ4n) is 1.80. The Morgan fingerprint density at radius 3 is 2.13 bits per heavy atom. The number of benzene rings is 1. The van der Waals surface area contributed by atoms with Crippen LogP contribution >= 0.6 is 0 Å². The van der Waals surface area contributed by atoms with Crippen LogP contribution in [-0.4, -0.2) is 44.9 Å². The van der Waals surface area contributed by atoms with Gasteiger partial charge in [-0.2, -0.15) is 21.6 Å². The van der Waals surface area contributed by atoms with Crippen molar-refractivity contribution in [2.24, 2.45) is 0 Å². The smallest absolute Gasteiger partial charge is 0.496 e. The second-order valence-electron chi connectivity index (χ2n) is 4.29. The van der Waals surface area contributed by atoms with Crippen LogP contribution in [0.5, 0.6) is 11.5 Å². The SMILES string of the molecule is CCN(CC)C(=O)c1c(OC)cccc1OS(=O)(=O)C(F)(F)F. The van der Waals surface area contributed by atoms with Gasteiger partial charge in [-0.3, -0.25) is 4.79 Å². The summed E-state index contributed by atoms with van der Waals surface area (Å²) in [5, 5.41) is 0. The molecule has 0 radical (unpaired) electrons. The van der Waals surface area contributed by atoms with Crippen molar-refractivity contribution in [1.29, 1.82) is 0 Å². The van der Waals surface area contributed by atoms with Crippen LogP contribution in [0.1, 0.15) is 24.2 Å². The highest BCUT2D eigenvalue weighted by Crippen LogP contribution is 2.34. The molecule has 23 heavy (non-hydrogen) atoms. The number of rotatable bonds is 6. The molecular formula is C13H16F3NO5S. The molecule has 1 aromatic rings.